The second kappa shape index (κ2) is 3.23. The van der Waals surface area contributed by atoms with Crippen LogP contribution in [-0.2, 0) is 0 Å². The molecule has 4 unspecified atom stereocenters. The predicted molar refractivity (Wildman–Crippen MR) is 59.1 cm³/mol. The SMILES string of the molecule is C[N+]12CCCCC1CC1CCCCC12. The number of fused-ring (bicyclic) bond motifs is 3. The third kappa shape index (κ3) is 1.18. The van der Waals surface area contributed by atoms with Gasteiger partial charge in [-0.15, -0.1) is 0 Å². The van der Waals surface area contributed by atoms with E-state index in [1.54, 1.807) is 12.8 Å². The summed E-state index contributed by atoms with van der Waals surface area (Å²) in [7, 11) is 2.57. The quantitative estimate of drug-likeness (QED) is 0.520. The first-order chi connectivity index (χ1) is 6.81. The van der Waals surface area contributed by atoms with E-state index in [-0.39, 0.29) is 0 Å². The maximum absolute atomic E-state index is 2.57. The van der Waals surface area contributed by atoms with Crippen LogP contribution < -0.4 is 0 Å². The van der Waals surface area contributed by atoms with Gasteiger partial charge in [-0.1, -0.05) is 6.42 Å². The molecule has 1 aliphatic carbocycles. The minimum absolute atomic E-state index is 1.05. The van der Waals surface area contributed by atoms with Gasteiger partial charge in [0.25, 0.3) is 0 Å². The molecule has 0 aromatic heterocycles. The lowest BCUT2D eigenvalue weighted by Gasteiger charge is -2.46. The molecule has 2 aliphatic heterocycles. The van der Waals surface area contributed by atoms with E-state index in [1.165, 1.54) is 49.6 Å². The zero-order chi connectivity index (χ0) is 9.60. The summed E-state index contributed by atoms with van der Waals surface area (Å²) in [5.74, 6) is 1.11. The highest BCUT2D eigenvalue weighted by molar-refractivity contribution is 4.88. The Kier molecular flexibility index (Phi) is 2.12. The van der Waals surface area contributed by atoms with Crippen LogP contribution in [0.4, 0.5) is 0 Å². The molecule has 3 aliphatic rings. The molecule has 3 rings (SSSR count). The summed E-state index contributed by atoms with van der Waals surface area (Å²) >= 11 is 0. The highest BCUT2D eigenvalue weighted by atomic mass is 15.4. The van der Waals surface area contributed by atoms with Crippen LogP contribution in [0.15, 0.2) is 0 Å². The summed E-state index contributed by atoms with van der Waals surface area (Å²) < 4.78 is 1.48. The molecule has 0 amide bonds. The number of quaternary nitrogens is 1. The molecule has 1 saturated carbocycles. The Morgan fingerprint density at radius 3 is 2.64 bits per heavy atom. The molecule has 80 valence electrons. The van der Waals surface area contributed by atoms with Crippen LogP contribution >= 0.6 is 0 Å². The van der Waals surface area contributed by atoms with Gasteiger partial charge < -0.3 is 4.48 Å². The molecule has 0 aromatic carbocycles. The lowest BCUT2D eigenvalue weighted by atomic mass is 9.84. The molecule has 0 spiro atoms. The Bertz CT molecular complexity index is 225. The maximum Gasteiger partial charge on any atom is 0.0921 e. The van der Waals surface area contributed by atoms with Crippen molar-refractivity contribution in [3.8, 4) is 0 Å². The monoisotopic (exact) mass is 194 g/mol. The topological polar surface area (TPSA) is 0 Å². The van der Waals surface area contributed by atoms with Crippen molar-refractivity contribution in [2.75, 3.05) is 13.6 Å². The number of hydrogen-bond donors (Lipinski definition) is 0. The second-order valence-electron chi connectivity index (χ2n) is 6.07. The molecule has 2 heterocycles. The van der Waals surface area contributed by atoms with Gasteiger partial charge in [0.1, 0.15) is 0 Å². The summed E-state index contributed by atoms with van der Waals surface area (Å²) in [6.45, 7) is 1.49. The molecule has 0 N–H and O–H groups in total. The molecule has 2 saturated heterocycles. The van der Waals surface area contributed by atoms with Crippen molar-refractivity contribution in [1.29, 1.82) is 0 Å². The molecule has 4 atom stereocenters. The Morgan fingerprint density at radius 2 is 1.71 bits per heavy atom. The standard InChI is InChI=1S/C13H24N/c1-14-9-5-4-7-12(14)10-11-6-2-3-8-13(11)14/h11-13H,2-10H2,1H3/q+1. The minimum Gasteiger partial charge on any atom is -0.321 e. The van der Waals surface area contributed by atoms with E-state index in [2.05, 4.69) is 7.05 Å². The van der Waals surface area contributed by atoms with Gasteiger partial charge in [-0.2, -0.15) is 0 Å². The normalized spacial score (nSPS) is 52.5. The molecule has 14 heavy (non-hydrogen) atoms. The third-order valence-corrected chi connectivity index (χ3v) is 5.46. The van der Waals surface area contributed by atoms with Crippen molar-refractivity contribution in [1.82, 2.24) is 0 Å². The van der Waals surface area contributed by atoms with Gasteiger partial charge >= 0.3 is 0 Å². The van der Waals surface area contributed by atoms with E-state index in [0.29, 0.717) is 0 Å². The first-order valence-corrected chi connectivity index (χ1v) is 6.65. The summed E-state index contributed by atoms with van der Waals surface area (Å²) in [6.07, 6.45) is 12.2. The van der Waals surface area contributed by atoms with Crippen LogP contribution in [0, 0.1) is 5.92 Å². The fourth-order valence-corrected chi connectivity index (χ4v) is 4.69. The van der Waals surface area contributed by atoms with Crippen molar-refractivity contribution in [3.05, 3.63) is 0 Å². The minimum atomic E-state index is 1.05. The average Bonchev–Trinajstić information content (AvgIpc) is 2.51. The number of piperidine rings is 1. The van der Waals surface area contributed by atoms with Gasteiger partial charge in [0, 0.05) is 12.3 Å². The van der Waals surface area contributed by atoms with Crippen LogP contribution in [0.3, 0.4) is 0 Å². The summed E-state index contributed by atoms with van der Waals surface area (Å²) in [6, 6.07) is 2.12. The van der Waals surface area contributed by atoms with E-state index in [4.69, 9.17) is 0 Å². The van der Waals surface area contributed by atoms with Gasteiger partial charge in [0.2, 0.25) is 0 Å². The van der Waals surface area contributed by atoms with Crippen LogP contribution in [0.25, 0.3) is 0 Å². The molecule has 1 heteroatoms. The largest absolute Gasteiger partial charge is 0.321 e. The van der Waals surface area contributed by atoms with Crippen LogP contribution in [0.2, 0.25) is 0 Å². The first-order valence-electron chi connectivity index (χ1n) is 6.65. The second-order valence-corrected chi connectivity index (χ2v) is 6.07. The third-order valence-electron chi connectivity index (χ3n) is 5.46. The highest BCUT2D eigenvalue weighted by Gasteiger charge is 2.52. The van der Waals surface area contributed by atoms with E-state index in [9.17, 15) is 0 Å². The lowest BCUT2D eigenvalue weighted by Crippen LogP contribution is -2.57. The average molecular weight is 194 g/mol. The maximum atomic E-state index is 2.57. The molecule has 0 bridgehead atoms. The van der Waals surface area contributed by atoms with Crippen LogP contribution in [-0.4, -0.2) is 30.2 Å². The molecule has 0 radical (unpaired) electrons. The van der Waals surface area contributed by atoms with Gasteiger partial charge in [0.15, 0.2) is 0 Å². The van der Waals surface area contributed by atoms with Crippen LogP contribution in [0.5, 0.6) is 0 Å². The van der Waals surface area contributed by atoms with Gasteiger partial charge in [-0.25, -0.2) is 0 Å². The first kappa shape index (κ1) is 9.21. The summed E-state index contributed by atoms with van der Waals surface area (Å²) in [4.78, 5) is 0. The molecular weight excluding hydrogens is 170 g/mol. The Labute approximate surface area is 88.1 Å². The van der Waals surface area contributed by atoms with Gasteiger partial charge in [-0.3, -0.25) is 0 Å². The van der Waals surface area contributed by atoms with Crippen molar-refractivity contribution < 1.29 is 4.48 Å². The van der Waals surface area contributed by atoms with Crippen molar-refractivity contribution in [2.45, 2.75) is 63.5 Å². The fraction of sp³-hybridized carbons (Fsp3) is 1.00. The van der Waals surface area contributed by atoms with E-state index in [1.807, 2.05) is 0 Å². The van der Waals surface area contributed by atoms with Crippen molar-refractivity contribution in [3.63, 3.8) is 0 Å². The zero-order valence-corrected chi connectivity index (χ0v) is 9.54. The molecule has 0 aromatic rings. The zero-order valence-electron chi connectivity index (χ0n) is 9.54. The smallest absolute Gasteiger partial charge is 0.0921 e. The molecule has 1 nitrogen and oxygen atoms in total. The predicted octanol–water partition coefficient (Wildman–Crippen LogP) is 2.95. The summed E-state index contributed by atoms with van der Waals surface area (Å²) in [5, 5.41) is 0. The van der Waals surface area contributed by atoms with E-state index < -0.39 is 0 Å². The lowest BCUT2D eigenvalue weighted by molar-refractivity contribution is -0.950. The number of hydrogen-bond acceptors (Lipinski definition) is 0. The van der Waals surface area contributed by atoms with Crippen LogP contribution in [0.1, 0.15) is 51.4 Å². The fourth-order valence-electron chi connectivity index (χ4n) is 4.69. The number of rotatable bonds is 0. The molecular formula is C13H24N+. The molecule has 3 fully saturated rings. The van der Waals surface area contributed by atoms with Crippen molar-refractivity contribution in [2.24, 2.45) is 5.92 Å². The van der Waals surface area contributed by atoms with Gasteiger partial charge in [0.05, 0.1) is 25.7 Å². The van der Waals surface area contributed by atoms with Gasteiger partial charge in [-0.05, 0) is 38.5 Å². The Morgan fingerprint density at radius 1 is 0.929 bits per heavy atom. The van der Waals surface area contributed by atoms with E-state index in [0.717, 1.165) is 18.0 Å². The highest BCUT2D eigenvalue weighted by Crippen LogP contribution is 2.47. The summed E-state index contributed by atoms with van der Waals surface area (Å²) in [5.41, 5.74) is 0. The van der Waals surface area contributed by atoms with Crippen molar-refractivity contribution >= 4 is 0 Å². The Balaban J connectivity index is 1.86. The van der Waals surface area contributed by atoms with E-state index >= 15 is 0 Å². The number of nitrogens with zero attached hydrogens (tertiary/aromatic N) is 1. The Hall–Kier alpha value is -0.0400.